The maximum atomic E-state index is 13.2. The highest BCUT2D eigenvalue weighted by Gasteiger charge is 2.55. The lowest BCUT2D eigenvalue weighted by Gasteiger charge is -2.35. The van der Waals surface area contributed by atoms with E-state index in [9.17, 15) is 23.1 Å². The Kier molecular flexibility index (Phi) is 3.88. The van der Waals surface area contributed by atoms with Crippen LogP contribution in [0.3, 0.4) is 0 Å². The van der Waals surface area contributed by atoms with Crippen molar-refractivity contribution < 1.29 is 27.6 Å². The molecule has 1 aliphatic heterocycles. The number of aromatic nitrogens is 3. The van der Waals surface area contributed by atoms with Crippen LogP contribution in [0.15, 0.2) is 16.8 Å². The predicted molar refractivity (Wildman–Crippen MR) is 85.8 cm³/mol. The second-order valence-electron chi connectivity index (χ2n) is 7.44. The summed E-state index contributed by atoms with van der Waals surface area (Å²) in [5, 5.41) is 13.8. The highest BCUT2D eigenvalue weighted by molar-refractivity contribution is 5.92. The maximum Gasteiger partial charge on any atom is 0.424 e. The fourth-order valence-electron chi connectivity index (χ4n) is 3.42. The van der Waals surface area contributed by atoms with Crippen molar-refractivity contribution in [2.45, 2.75) is 57.0 Å². The van der Waals surface area contributed by atoms with Crippen LogP contribution in [0.4, 0.5) is 13.2 Å². The summed E-state index contributed by atoms with van der Waals surface area (Å²) in [5.41, 5.74) is -2.45. The monoisotopic (exact) mass is 384 g/mol. The number of hydrogen-bond acceptors (Lipinski definition) is 5. The first-order valence-corrected chi connectivity index (χ1v) is 8.71. The molecule has 3 heterocycles. The topological polar surface area (TPSA) is 84.4 Å². The number of amides is 1. The van der Waals surface area contributed by atoms with Gasteiger partial charge in [-0.05, 0) is 26.7 Å². The highest BCUT2D eigenvalue weighted by Crippen LogP contribution is 2.41. The zero-order valence-corrected chi connectivity index (χ0v) is 14.8. The molecule has 1 saturated carbocycles. The summed E-state index contributed by atoms with van der Waals surface area (Å²) in [4.78, 5) is 18.0. The van der Waals surface area contributed by atoms with E-state index < -0.39 is 23.6 Å². The molecule has 2 aromatic rings. The zero-order chi connectivity index (χ0) is 19.6. The Bertz CT molecular complexity index is 882. The number of imidazole rings is 1. The van der Waals surface area contributed by atoms with E-state index in [0.717, 1.165) is 12.8 Å². The van der Waals surface area contributed by atoms with Gasteiger partial charge in [-0.25, -0.2) is 4.98 Å². The van der Waals surface area contributed by atoms with Crippen molar-refractivity contribution >= 4 is 5.91 Å². The molecule has 1 amide bonds. The van der Waals surface area contributed by atoms with E-state index in [0.29, 0.717) is 24.3 Å². The third-order valence-electron chi connectivity index (χ3n) is 5.15. The fourth-order valence-corrected chi connectivity index (χ4v) is 3.42. The van der Waals surface area contributed by atoms with Gasteiger partial charge in [-0.3, -0.25) is 4.79 Å². The van der Waals surface area contributed by atoms with E-state index in [1.807, 2.05) is 0 Å². The van der Waals surface area contributed by atoms with E-state index in [1.54, 1.807) is 13.0 Å². The van der Waals surface area contributed by atoms with Gasteiger partial charge >= 0.3 is 6.18 Å². The van der Waals surface area contributed by atoms with Crippen LogP contribution in [0, 0.1) is 0 Å². The molecule has 2 atom stereocenters. The summed E-state index contributed by atoms with van der Waals surface area (Å²) in [6.07, 6.45) is -1.55. The number of hydrogen-bond donors (Lipinski definition) is 1. The van der Waals surface area contributed by atoms with Gasteiger partial charge < -0.3 is 19.1 Å². The van der Waals surface area contributed by atoms with Crippen molar-refractivity contribution in [3.05, 3.63) is 35.2 Å². The van der Waals surface area contributed by atoms with Crippen LogP contribution >= 0.6 is 0 Å². The quantitative estimate of drug-likeness (QED) is 0.880. The molecule has 1 fully saturated rings. The molecule has 27 heavy (non-hydrogen) atoms. The first-order chi connectivity index (χ1) is 12.6. The third-order valence-corrected chi connectivity index (χ3v) is 5.15. The number of carbonyl (C=O) groups is 1. The van der Waals surface area contributed by atoms with Gasteiger partial charge in [-0.15, -0.1) is 0 Å². The summed E-state index contributed by atoms with van der Waals surface area (Å²) >= 11 is 0. The van der Waals surface area contributed by atoms with Crippen LogP contribution < -0.4 is 0 Å². The number of nitrogens with zero attached hydrogens (tertiary/aromatic N) is 4. The molecule has 7 nitrogen and oxygen atoms in total. The van der Waals surface area contributed by atoms with Crippen molar-refractivity contribution in [1.29, 1.82) is 0 Å². The molecule has 0 radical (unpaired) electrons. The van der Waals surface area contributed by atoms with Crippen LogP contribution in [0.25, 0.3) is 0 Å². The molecule has 0 bridgehead atoms. The van der Waals surface area contributed by atoms with Crippen molar-refractivity contribution in [2.75, 3.05) is 6.54 Å². The second kappa shape index (κ2) is 5.82. The van der Waals surface area contributed by atoms with E-state index in [-0.39, 0.29) is 24.7 Å². The van der Waals surface area contributed by atoms with Crippen LogP contribution in [-0.2, 0) is 12.1 Å². The van der Waals surface area contributed by atoms with Gasteiger partial charge in [0.1, 0.15) is 5.76 Å². The normalized spacial score (nSPS) is 22.4. The summed E-state index contributed by atoms with van der Waals surface area (Å²) in [6.45, 7) is 2.62. The van der Waals surface area contributed by atoms with E-state index in [2.05, 4.69) is 10.1 Å². The minimum atomic E-state index is -4.86. The molecular formula is C17H19F3N4O3. The Labute approximate surface area is 152 Å². The Morgan fingerprint density at radius 1 is 1.37 bits per heavy atom. The third kappa shape index (κ3) is 2.91. The van der Waals surface area contributed by atoms with Gasteiger partial charge in [-0.1, -0.05) is 5.16 Å². The molecule has 0 saturated heterocycles. The Hall–Kier alpha value is -2.36. The first-order valence-electron chi connectivity index (χ1n) is 8.71. The predicted octanol–water partition coefficient (Wildman–Crippen LogP) is 2.74. The Balaban J connectivity index is 1.59. The lowest BCUT2D eigenvalue weighted by Crippen LogP contribution is -2.45. The van der Waals surface area contributed by atoms with E-state index >= 15 is 0 Å². The Morgan fingerprint density at radius 2 is 2.07 bits per heavy atom. The van der Waals surface area contributed by atoms with Crippen molar-refractivity contribution in [3.8, 4) is 0 Å². The Morgan fingerprint density at radius 3 is 2.70 bits per heavy atom. The van der Waals surface area contributed by atoms with Crippen LogP contribution in [0.5, 0.6) is 0 Å². The molecule has 0 spiro atoms. The lowest BCUT2D eigenvalue weighted by molar-refractivity contribution is -0.263. The average molecular weight is 384 g/mol. The average Bonchev–Trinajstić information content (AvgIpc) is 3.15. The molecule has 146 valence electrons. The summed E-state index contributed by atoms with van der Waals surface area (Å²) in [5.74, 6) is 0.209. The number of alkyl halides is 3. The lowest BCUT2D eigenvalue weighted by atomic mass is 10.0. The zero-order valence-electron chi connectivity index (χ0n) is 14.8. The summed E-state index contributed by atoms with van der Waals surface area (Å²) in [7, 11) is 0. The fraction of sp³-hybridized carbons (Fsp3) is 0.588. The number of halogens is 3. The van der Waals surface area contributed by atoms with E-state index in [4.69, 9.17) is 4.52 Å². The van der Waals surface area contributed by atoms with E-state index in [1.165, 1.54) is 15.7 Å². The molecular weight excluding hydrogens is 365 g/mol. The summed E-state index contributed by atoms with van der Waals surface area (Å²) < 4.78 is 46.2. The molecule has 0 aromatic carbocycles. The van der Waals surface area contributed by atoms with Crippen molar-refractivity contribution in [1.82, 2.24) is 19.6 Å². The van der Waals surface area contributed by atoms with Gasteiger partial charge in [-0.2, -0.15) is 13.2 Å². The smallest absolute Gasteiger partial charge is 0.374 e. The summed E-state index contributed by atoms with van der Waals surface area (Å²) in [6, 6.07) is 1.15. The number of carbonyl (C=O) groups excluding carboxylic acids is 1. The van der Waals surface area contributed by atoms with Crippen LogP contribution in [0.1, 0.15) is 66.4 Å². The highest BCUT2D eigenvalue weighted by atomic mass is 19.4. The van der Waals surface area contributed by atoms with Crippen molar-refractivity contribution in [2.24, 2.45) is 0 Å². The largest absolute Gasteiger partial charge is 0.424 e. The second-order valence-corrected chi connectivity index (χ2v) is 7.44. The van der Waals surface area contributed by atoms with Gasteiger partial charge in [0, 0.05) is 18.5 Å². The van der Waals surface area contributed by atoms with Gasteiger partial charge in [0.2, 0.25) is 5.60 Å². The number of aliphatic hydroxyl groups is 1. The molecule has 2 aliphatic rings. The molecule has 1 aliphatic carbocycles. The number of rotatable bonds is 3. The SMILES string of the molecule is C[C@H]1CN(C(=O)c2cc(C3CC3)on2)Cc2cnc(C(C)(O)C(F)(F)F)n21. The first kappa shape index (κ1) is 18.0. The van der Waals surface area contributed by atoms with Crippen molar-refractivity contribution in [3.63, 3.8) is 0 Å². The minimum Gasteiger partial charge on any atom is -0.374 e. The number of fused-ring (bicyclic) bond motifs is 1. The van der Waals surface area contributed by atoms with Gasteiger partial charge in [0.25, 0.3) is 5.91 Å². The van der Waals surface area contributed by atoms with Gasteiger partial charge in [0.15, 0.2) is 11.5 Å². The van der Waals surface area contributed by atoms with Crippen LogP contribution in [-0.4, -0.2) is 43.3 Å². The van der Waals surface area contributed by atoms with Crippen LogP contribution in [0.2, 0.25) is 0 Å². The molecule has 2 aromatic heterocycles. The minimum absolute atomic E-state index is 0.0791. The molecule has 10 heteroatoms. The molecule has 1 unspecified atom stereocenters. The molecule has 4 rings (SSSR count). The molecule has 1 N–H and O–H groups in total. The van der Waals surface area contributed by atoms with Gasteiger partial charge in [0.05, 0.1) is 24.5 Å². The maximum absolute atomic E-state index is 13.2. The standard InChI is InChI=1S/C17H19F3N4O3/c1-9-7-23(14(25)12-5-13(27-22-12)10-3-4-10)8-11-6-21-15(24(9)11)16(2,26)17(18,19)20/h5-6,9-10,26H,3-4,7-8H2,1-2H3/t9-,16?/m0/s1.